The van der Waals surface area contributed by atoms with Crippen molar-refractivity contribution in [2.24, 2.45) is 5.92 Å². The highest BCUT2D eigenvalue weighted by molar-refractivity contribution is 5.89. The molecule has 1 aromatic rings. The molecule has 0 bridgehead atoms. The summed E-state index contributed by atoms with van der Waals surface area (Å²) in [5.74, 6) is -0.268. The largest absolute Gasteiger partial charge is 0.478 e. The Balaban J connectivity index is 1.81. The topological polar surface area (TPSA) is 66.4 Å². The fourth-order valence-electron chi connectivity index (χ4n) is 2.59. The number of rotatable bonds is 7. The Morgan fingerprint density at radius 2 is 2.10 bits per heavy atom. The monoisotopic (exact) mass is 275 g/mol. The molecule has 1 aromatic carbocycles. The number of carboxylic acid groups (broad SMARTS) is 1. The Kier molecular flexibility index (Phi) is 4.77. The van der Waals surface area contributed by atoms with E-state index in [9.17, 15) is 9.59 Å². The molecular formula is C16H21NO3. The van der Waals surface area contributed by atoms with Crippen LogP contribution in [0.5, 0.6) is 0 Å². The fourth-order valence-corrected chi connectivity index (χ4v) is 2.59. The Hall–Kier alpha value is -1.84. The molecule has 0 spiro atoms. The smallest absolute Gasteiger partial charge is 0.335 e. The van der Waals surface area contributed by atoms with Crippen molar-refractivity contribution in [3.63, 3.8) is 0 Å². The molecule has 2 unspecified atom stereocenters. The lowest BCUT2D eigenvalue weighted by Crippen LogP contribution is -2.27. The summed E-state index contributed by atoms with van der Waals surface area (Å²) in [5.41, 5.74) is 1.01. The minimum Gasteiger partial charge on any atom is -0.478 e. The van der Waals surface area contributed by atoms with Gasteiger partial charge in [0.1, 0.15) is 0 Å². The third kappa shape index (κ3) is 3.83. The van der Waals surface area contributed by atoms with Crippen molar-refractivity contribution >= 4 is 11.9 Å². The van der Waals surface area contributed by atoms with Crippen molar-refractivity contribution in [1.29, 1.82) is 0 Å². The lowest BCUT2D eigenvalue weighted by Gasteiger charge is -2.07. The number of hydrogen-bond acceptors (Lipinski definition) is 2. The highest BCUT2D eigenvalue weighted by atomic mass is 16.4. The molecule has 108 valence electrons. The summed E-state index contributed by atoms with van der Waals surface area (Å²) < 4.78 is 0. The average Bonchev–Trinajstić information content (AvgIpc) is 3.15. The molecule has 1 saturated carbocycles. The molecule has 2 atom stereocenters. The van der Waals surface area contributed by atoms with E-state index in [1.807, 2.05) is 0 Å². The molecule has 1 fully saturated rings. The van der Waals surface area contributed by atoms with Gasteiger partial charge in [0.25, 0.3) is 0 Å². The highest BCUT2D eigenvalue weighted by Crippen LogP contribution is 2.34. The number of benzene rings is 1. The Bertz CT molecular complexity index is 498. The summed E-state index contributed by atoms with van der Waals surface area (Å²) in [6.45, 7) is 2.15. The van der Waals surface area contributed by atoms with E-state index in [-0.39, 0.29) is 11.5 Å². The van der Waals surface area contributed by atoms with Gasteiger partial charge in [0.15, 0.2) is 0 Å². The van der Waals surface area contributed by atoms with Crippen molar-refractivity contribution in [1.82, 2.24) is 5.32 Å². The van der Waals surface area contributed by atoms with Gasteiger partial charge >= 0.3 is 5.97 Å². The third-order valence-electron chi connectivity index (χ3n) is 3.80. The SMILES string of the molecule is CCCC1CC1NC(=O)CCc1ccccc1C(=O)O. The van der Waals surface area contributed by atoms with E-state index in [4.69, 9.17) is 5.11 Å². The van der Waals surface area contributed by atoms with Crippen molar-refractivity contribution in [3.8, 4) is 0 Å². The van der Waals surface area contributed by atoms with Gasteiger partial charge in [-0.15, -0.1) is 0 Å². The van der Waals surface area contributed by atoms with E-state index in [0.717, 1.165) is 18.4 Å². The third-order valence-corrected chi connectivity index (χ3v) is 3.80. The number of carbonyl (C=O) groups is 2. The van der Waals surface area contributed by atoms with Crippen LogP contribution in [0.4, 0.5) is 0 Å². The van der Waals surface area contributed by atoms with Crippen molar-refractivity contribution in [3.05, 3.63) is 35.4 Å². The molecule has 2 N–H and O–H groups in total. The molecule has 2 rings (SSSR count). The molecule has 4 heteroatoms. The van der Waals surface area contributed by atoms with Crippen LogP contribution < -0.4 is 5.32 Å². The van der Waals surface area contributed by atoms with Crippen LogP contribution in [0.25, 0.3) is 0 Å². The van der Waals surface area contributed by atoms with Crippen molar-refractivity contribution in [2.75, 3.05) is 0 Å². The van der Waals surface area contributed by atoms with Crippen LogP contribution in [-0.4, -0.2) is 23.0 Å². The van der Waals surface area contributed by atoms with Crippen LogP contribution >= 0.6 is 0 Å². The van der Waals surface area contributed by atoms with Gasteiger partial charge < -0.3 is 10.4 Å². The van der Waals surface area contributed by atoms with Gasteiger partial charge in [0, 0.05) is 12.5 Å². The summed E-state index contributed by atoms with van der Waals surface area (Å²) >= 11 is 0. The normalized spacial score (nSPS) is 20.4. The number of hydrogen-bond donors (Lipinski definition) is 2. The number of amides is 1. The summed E-state index contributed by atoms with van der Waals surface area (Å²) in [7, 11) is 0. The number of carbonyl (C=O) groups excluding carboxylic acids is 1. The minimum absolute atomic E-state index is 0.0220. The molecule has 0 aromatic heterocycles. The van der Waals surface area contributed by atoms with Crippen LogP contribution in [0.15, 0.2) is 24.3 Å². The van der Waals surface area contributed by atoms with E-state index in [1.165, 1.54) is 6.42 Å². The average molecular weight is 275 g/mol. The van der Waals surface area contributed by atoms with Crippen LogP contribution in [0.1, 0.15) is 48.5 Å². The van der Waals surface area contributed by atoms with Gasteiger partial charge in [0.2, 0.25) is 5.91 Å². The van der Waals surface area contributed by atoms with Crippen molar-refractivity contribution < 1.29 is 14.7 Å². The van der Waals surface area contributed by atoms with Gasteiger partial charge in [-0.05, 0) is 36.8 Å². The molecule has 1 amide bonds. The quantitative estimate of drug-likeness (QED) is 0.804. The molecule has 1 aliphatic rings. The molecule has 0 radical (unpaired) electrons. The molecule has 0 heterocycles. The van der Waals surface area contributed by atoms with Crippen LogP contribution in [0.3, 0.4) is 0 Å². The van der Waals surface area contributed by atoms with E-state index in [2.05, 4.69) is 12.2 Å². The van der Waals surface area contributed by atoms with Gasteiger partial charge in [-0.1, -0.05) is 31.5 Å². The lowest BCUT2D eigenvalue weighted by molar-refractivity contribution is -0.121. The molecule has 4 nitrogen and oxygen atoms in total. The zero-order valence-corrected chi connectivity index (χ0v) is 11.8. The first-order chi connectivity index (χ1) is 9.61. The maximum absolute atomic E-state index is 11.8. The first kappa shape index (κ1) is 14.6. The second-order valence-electron chi connectivity index (χ2n) is 5.42. The standard InChI is InChI=1S/C16H21NO3/c1-2-5-12-10-14(12)17-15(18)9-8-11-6-3-4-7-13(11)16(19)20/h3-4,6-7,12,14H,2,5,8-10H2,1H3,(H,17,18)(H,19,20). The molecule has 0 saturated heterocycles. The predicted molar refractivity (Wildman–Crippen MR) is 76.7 cm³/mol. The van der Waals surface area contributed by atoms with Gasteiger partial charge in [-0.2, -0.15) is 0 Å². The molecule has 20 heavy (non-hydrogen) atoms. The van der Waals surface area contributed by atoms with E-state index in [0.29, 0.717) is 24.8 Å². The number of carboxylic acids is 1. The van der Waals surface area contributed by atoms with Crippen LogP contribution in [0, 0.1) is 5.92 Å². The number of aryl methyl sites for hydroxylation is 1. The maximum atomic E-state index is 11.8. The Morgan fingerprint density at radius 3 is 2.80 bits per heavy atom. The summed E-state index contributed by atoms with van der Waals surface area (Å²) in [5, 5.41) is 12.1. The van der Waals surface area contributed by atoms with E-state index >= 15 is 0 Å². The van der Waals surface area contributed by atoms with Crippen LogP contribution in [0.2, 0.25) is 0 Å². The van der Waals surface area contributed by atoms with Gasteiger partial charge in [0.05, 0.1) is 5.56 Å². The summed E-state index contributed by atoms with van der Waals surface area (Å²) in [6.07, 6.45) is 4.24. The summed E-state index contributed by atoms with van der Waals surface area (Å²) in [4.78, 5) is 22.9. The van der Waals surface area contributed by atoms with Crippen molar-refractivity contribution in [2.45, 2.75) is 45.1 Å². The lowest BCUT2D eigenvalue weighted by atomic mass is 10.0. The Morgan fingerprint density at radius 1 is 1.35 bits per heavy atom. The van der Waals surface area contributed by atoms with E-state index in [1.54, 1.807) is 24.3 Å². The minimum atomic E-state index is -0.939. The zero-order chi connectivity index (χ0) is 14.5. The van der Waals surface area contributed by atoms with E-state index < -0.39 is 5.97 Å². The Labute approximate surface area is 119 Å². The zero-order valence-electron chi connectivity index (χ0n) is 11.8. The predicted octanol–water partition coefficient (Wildman–Crippen LogP) is 2.62. The van der Waals surface area contributed by atoms with Gasteiger partial charge in [-0.3, -0.25) is 4.79 Å². The highest BCUT2D eigenvalue weighted by Gasteiger charge is 2.36. The first-order valence-electron chi connectivity index (χ1n) is 7.22. The molecule has 0 aliphatic heterocycles. The van der Waals surface area contributed by atoms with Crippen LogP contribution in [-0.2, 0) is 11.2 Å². The molecule has 1 aliphatic carbocycles. The maximum Gasteiger partial charge on any atom is 0.335 e. The second kappa shape index (κ2) is 6.55. The van der Waals surface area contributed by atoms with Gasteiger partial charge in [-0.25, -0.2) is 4.79 Å². The number of aromatic carboxylic acids is 1. The summed E-state index contributed by atoms with van der Waals surface area (Å²) in [6, 6.07) is 7.20. The second-order valence-corrected chi connectivity index (χ2v) is 5.42. The molecular weight excluding hydrogens is 254 g/mol. The fraction of sp³-hybridized carbons (Fsp3) is 0.500. The number of nitrogens with one attached hydrogen (secondary N) is 1. The first-order valence-corrected chi connectivity index (χ1v) is 7.22.